The first-order valence-electron chi connectivity index (χ1n) is 7.34. The Morgan fingerprint density at radius 3 is 2.86 bits per heavy atom. The van der Waals surface area contributed by atoms with Gasteiger partial charge in [-0.2, -0.15) is 0 Å². The summed E-state index contributed by atoms with van der Waals surface area (Å²) in [6.07, 6.45) is 4.20. The quantitative estimate of drug-likeness (QED) is 0.873. The lowest BCUT2D eigenvalue weighted by Gasteiger charge is -2.32. The Morgan fingerprint density at radius 1 is 1.38 bits per heavy atom. The lowest BCUT2D eigenvalue weighted by atomic mass is 9.94. The maximum Gasteiger partial charge on any atom is 0.208 e. The Morgan fingerprint density at radius 2 is 2.14 bits per heavy atom. The van der Waals surface area contributed by atoms with E-state index in [2.05, 4.69) is 9.62 Å². The van der Waals surface area contributed by atoms with E-state index in [1.54, 1.807) is 6.07 Å². The van der Waals surface area contributed by atoms with E-state index in [0.717, 1.165) is 37.9 Å². The molecule has 0 bridgehead atoms. The Labute approximate surface area is 126 Å². The molecule has 2 rings (SSSR count). The first-order valence-corrected chi connectivity index (χ1v) is 9.23. The molecule has 1 aromatic rings. The molecule has 0 aromatic heterocycles. The van der Waals surface area contributed by atoms with Crippen LogP contribution < -0.4 is 4.72 Å². The highest BCUT2D eigenvalue weighted by Gasteiger charge is 2.20. The average Bonchev–Trinajstić information content (AvgIpc) is 2.40. The molecule has 1 fully saturated rings. The molecule has 0 saturated carbocycles. The van der Waals surface area contributed by atoms with Crippen LogP contribution in [0.15, 0.2) is 24.3 Å². The van der Waals surface area contributed by atoms with Crippen molar-refractivity contribution >= 4 is 10.0 Å². The zero-order chi connectivity index (χ0) is 15.3. The van der Waals surface area contributed by atoms with E-state index in [1.807, 2.05) is 12.1 Å². The third-order valence-electron chi connectivity index (χ3n) is 3.87. The van der Waals surface area contributed by atoms with Gasteiger partial charge >= 0.3 is 0 Å². The molecule has 0 radical (unpaired) electrons. The van der Waals surface area contributed by atoms with E-state index < -0.39 is 10.0 Å². The summed E-state index contributed by atoms with van der Waals surface area (Å²) in [5, 5.41) is 0. The van der Waals surface area contributed by atoms with Crippen LogP contribution >= 0.6 is 0 Å². The van der Waals surface area contributed by atoms with Crippen molar-refractivity contribution in [1.82, 2.24) is 9.62 Å². The van der Waals surface area contributed by atoms with Gasteiger partial charge in [0.15, 0.2) is 0 Å². The van der Waals surface area contributed by atoms with E-state index in [9.17, 15) is 12.8 Å². The minimum Gasteiger partial charge on any atom is -0.299 e. The highest BCUT2D eigenvalue weighted by molar-refractivity contribution is 7.88. The Hall–Kier alpha value is -0.980. The first-order chi connectivity index (χ1) is 9.94. The summed E-state index contributed by atoms with van der Waals surface area (Å²) in [6.45, 7) is 2.99. The van der Waals surface area contributed by atoms with Gasteiger partial charge in [0.1, 0.15) is 5.82 Å². The molecule has 1 saturated heterocycles. The molecule has 4 nitrogen and oxygen atoms in total. The van der Waals surface area contributed by atoms with Crippen LogP contribution in [0, 0.1) is 11.7 Å². The normalized spacial score (nSPS) is 20.6. The van der Waals surface area contributed by atoms with Crippen molar-refractivity contribution in [2.45, 2.75) is 25.8 Å². The van der Waals surface area contributed by atoms with Crippen LogP contribution in [0.25, 0.3) is 0 Å². The molecule has 0 amide bonds. The molecular formula is C15H23FN2O2S. The van der Waals surface area contributed by atoms with Gasteiger partial charge in [-0.15, -0.1) is 0 Å². The number of likely N-dealkylation sites (tertiary alicyclic amines) is 1. The summed E-state index contributed by atoms with van der Waals surface area (Å²) in [6, 6.07) is 6.88. The van der Waals surface area contributed by atoms with E-state index >= 15 is 0 Å². The predicted molar refractivity (Wildman–Crippen MR) is 81.9 cm³/mol. The summed E-state index contributed by atoms with van der Waals surface area (Å²) in [4.78, 5) is 2.26. The van der Waals surface area contributed by atoms with E-state index in [0.29, 0.717) is 19.0 Å². The van der Waals surface area contributed by atoms with Gasteiger partial charge in [0.2, 0.25) is 10.0 Å². The number of benzene rings is 1. The van der Waals surface area contributed by atoms with Crippen LogP contribution in [-0.4, -0.2) is 39.2 Å². The molecule has 1 N–H and O–H groups in total. The third-order valence-corrected chi connectivity index (χ3v) is 4.60. The SMILES string of the molecule is CS(=O)(=O)NCC[C@@H]1CCCN(Cc2ccccc2F)C1. The number of nitrogens with one attached hydrogen (secondary N) is 1. The lowest BCUT2D eigenvalue weighted by Crippen LogP contribution is -2.36. The molecule has 1 heterocycles. The average molecular weight is 314 g/mol. The van der Waals surface area contributed by atoms with Gasteiger partial charge in [-0.05, 0) is 37.8 Å². The predicted octanol–water partition coefficient (Wildman–Crippen LogP) is 1.98. The fourth-order valence-electron chi connectivity index (χ4n) is 2.85. The Bertz CT molecular complexity index is 563. The summed E-state index contributed by atoms with van der Waals surface area (Å²) >= 11 is 0. The second-order valence-corrected chi connectivity index (χ2v) is 7.62. The lowest BCUT2D eigenvalue weighted by molar-refractivity contribution is 0.161. The van der Waals surface area contributed by atoms with Crippen molar-refractivity contribution in [3.05, 3.63) is 35.6 Å². The van der Waals surface area contributed by atoms with Crippen molar-refractivity contribution in [2.75, 3.05) is 25.9 Å². The van der Waals surface area contributed by atoms with Crippen LogP contribution in [0.5, 0.6) is 0 Å². The summed E-state index contributed by atoms with van der Waals surface area (Å²) in [5.74, 6) is 0.318. The molecule has 0 unspecified atom stereocenters. The topological polar surface area (TPSA) is 49.4 Å². The second kappa shape index (κ2) is 7.33. The standard InChI is InChI=1S/C15H23FN2O2S/c1-21(19,20)17-9-8-13-5-4-10-18(11-13)12-14-6-2-3-7-15(14)16/h2-3,6-7,13,17H,4-5,8-12H2,1H3/t13-/m0/s1. The Balaban J connectivity index is 1.82. The zero-order valence-electron chi connectivity index (χ0n) is 12.4. The van der Waals surface area contributed by atoms with Gasteiger partial charge in [-0.3, -0.25) is 4.90 Å². The van der Waals surface area contributed by atoms with Crippen molar-refractivity contribution < 1.29 is 12.8 Å². The molecule has 1 aliphatic heterocycles. The van der Waals surface area contributed by atoms with E-state index in [4.69, 9.17) is 0 Å². The maximum absolute atomic E-state index is 13.7. The molecule has 1 atom stereocenters. The van der Waals surface area contributed by atoms with Crippen molar-refractivity contribution in [1.29, 1.82) is 0 Å². The highest BCUT2D eigenvalue weighted by atomic mass is 32.2. The van der Waals surface area contributed by atoms with Gasteiger partial charge in [-0.25, -0.2) is 17.5 Å². The molecule has 21 heavy (non-hydrogen) atoms. The molecule has 6 heteroatoms. The molecule has 0 spiro atoms. The van der Waals surface area contributed by atoms with Gasteiger partial charge in [-0.1, -0.05) is 18.2 Å². The third kappa shape index (κ3) is 5.73. The minimum absolute atomic E-state index is 0.154. The number of hydrogen-bond acceptors (Lipinski definition) is 3. The van der Waals surface area contributed by atoms with Crippen LogP contribution in [0.2, 0.25) is 0 Å². The van der Waals surface area contributed by atoms with Crippen LogP contribution in [0.1, 0.15) is 24.8 Å². The van der Waals surface area contributed by atoms with Gasteiger partial charge in [0, 0.05) is 25.2 Å². The summed E-state index contributed by atoms with van der Waals surface area (Å²) in [5.41, 5.74) is 0.729. The van der Waals surface area contributed by atoms with E-state index in [-0.39, 0.29) is 5.82 Å². The van der Waals surface area contributed by atoms with Crippen LogP contribution in [0.3, 0.4) is 0 Å². The van der Waals surface area contributed by atoms with Crippen molar-refractivity contribution in [3.8, 4) is 0 Å². The smallest absolute Gasteiger partial charge is 0.208 e. The zero-order valence-corrected chi connectivity index (χ0v) is 13.2. The summed E-state index contributed by atoms with van der Waals surface area (Å²) in [7, 11) is -3.11. The fraction of sp³-hybridized carbons (Fsp3) is 0.600. The van der Waals surface area contributed by atoms with Crippen molar-refractivity contribution in [3.63, 3.8) is 0 Å². The highest BCUT2D eigenvalue weighted by Crippen LogP contribution is 2.21. The monoisotopic (exact) mass is 314 g/mol. The fourth-order valence-corrected chi connectivity index (χ4v) is 3.34. The molecule has 0 aliphatic carbocycles. The molecule has 1 aromatic carbocycles. The number of piperidine rings is 1. The largest absolute Gasteiger partial charge is 0.299 e. The van der Waals surface area contributed by atoms with Crippen molar-refractivity contribution in [2.24, 2.45) is 5.92 Å². The Kier molecular flexibility index (Phi) is 5.72. The number of nitrogens with zero attached hydrogens (tertiary/aromatic N) is 1. The number of halogens is 1. The van der Waals surface area contributed by atoms with Crippen LogP contribution in [0.4, 0.5) is 4.39 Å². The molecular weight excluding hydrogens is 291 g/mol. The minimum atomic E-state index is -3.11. The number of sulfonamides is 1. The van der Waals surface area contributed by atoms with Gasteiger partial charge in [0.05, 0.1) is 6.26 Å². The molecule has 118 valence electrons. The maximum atomic E-state index is 13.7. The van der Waals surface area contributed by atoms with E-state index in [1.165, 1.54) is 12.3 Å². The van der Waals surface area contributed by atoms with Gasteiger partial charge < -0.3 is 0 Å². The number of rotatable bonds is 6. The van der Waals surface area contributed by atoms with Gasteiger partial charge in [0.25, 0.3) is 0 Å². The summed E-state index contributed by atoms with van der Waals surface area (Å²) < 4.78 is 38.3. The van der Waals surface area contributed by atoms with Crippen LogP contribution in [-0.2, 0) is 16.6 Å². The molecule has 1 aliphatic rings. The number of hydrogen-bond donors (Lipinski definition) is 1. The second-order valence-electron chi connectivity index (χ2n) is 5.79. The first kappa shape index (κ1) is 16.4.